The fraction of sp³-hybridized carbons (Fsp3) is 0. The molecule has 0 bridgehead atoms. The lowest BCUT2D eigenvalue weighted by atomic mass is 9.98. The third-order valence-electron chi connectivity index (χ3n) is 5.84. The first-order valence-corrected chi connectivity index (χ1v) is 10.6. The van der Waals surface area contributed by atoms with E-state index in [2.05, 4.69) is 90.5 Å². The molecule has 0 atom stereocenters. The molecule has 0 unspecified atom stereocenters. The summed E-state index contributed by atoms with van der Waals surface area (Å²) in [5, 5.41) is 2.43. The Hall–Kier alpha value is -4.30. The third kappa shape index (κ3) is 3.32. The molecule has 154 valence electrons. The zero-order valence-electron chi connectivity index (χ0n) is 17.8. The molecular weight excluding hydrogens is 388 g/mol. The van der Waals surface area contributed by atoms with Crippen LogP contribution in [-0.4, -0.2) is 4.57 Å². The van der Waals surface area contributed by atoms with Crippen LogP contribution in [0.1, 0.15) is 0 Å². The summed E-state index contributed by atoms with van der Waals surface area (Å²) >= 11 is 0. The lowest BCUT2D eigenvalue weighted by molar-refractivity contribution is 1.24. The van der Waals surface area contributed by atoms with Crippen molar-refractivity contribution in [2.75, 3.05) is 5.73 Å². The summed E-state index contributed by atoms with van der Waals surface area (Å²) in [6, 6.07) is 31.8. The number of hydrogen-bond acceptors (Lipinski definition) is 1. The molecule has 5 aromatic rings. The van der Waals surface area contributed by atoms with Gasteiger partial charge in [-0.25, -0.2) is 0 Å². The van der Waals surface area contributed by atoms with Gasteiger partial charge in [-0.1, -0.05) is 73.8 Å². The van der Waals surface area contributed by atoms with Crippen molar-refractivity contribution in [2.45, 2.75) is 0 Å². The van der Waals surface area contributed by atoms with E-state index in [0.29, 0.717) is 0 Å². The van der Waals surface area contributed by atoms with Crippen molar-refractivity contribution in [2.24, 2.45) is 0 Å². The molecule has 32 heavy (non-hydrogen) atoms. The van der Waals surface area contributed by atoms with Crippen LogP contribution in [0.4, 0.5) is 5.69 Å². The monoisotopic (exact) mass is 412 g/mol. The van der Waals surface area contributed by atoms with Gasteiger partial charge >= 0.3 is 0 Å². The standard InChI is InChI=1S/C30H24N2/c1-3-9-26(4-2)32-29-15-6-5-14-27(29)28-20-24(16-17-30(28)32)22-11-7-10-21(18-22)23-12-8-13-25(31)19-23/h3-20H,1-2,31H2/b26-9+. The number of rotatable bonds is 5. The van der Waals surface area contributed by atoms with Crippen molar-refractivity contribution in [1.29, 1.82) is 0 Å². The Kier molecular flexibility index (Phi) is 4.97. The molecule has 0 saturated heterocycles. The van der Waals surface area contributed by atoms with Crippen LogP contribution in [0.2, 0.25) is 0 Å². The second-order valence-corrected chi connectivity index (χ2v) is 7.82. The van der Waals surface area contributed by atoms with Gasteiger partial charge in [-0.3, -0.25) is 0 Å². The Labute approximate surface area is 188 Å². The molecular formula is C30H24N2. The van der Waals surface area contributed by atoms with E-state index < -0.39 is 0 Å². The van der Waals surface area contributed by atoms with E-state index in [1.54, 1.807) is 6.08 Å². The van der Waals surface area contributed by atoms with E-state index in [1.165, 1.54) is 21.9 Å². The summed E-state index contributed by atoms with van der Waals surface area (Å²) in [6.45, 7) is 7.88. The molecule has 0 fully saturated rings. The van der Waals surface area contributed by atoms with Crippen LogP contribution in [0.3, 0.4) is 0 Å². The third-order valence-corrected chi connectivity index (χ3v) is 5.84. The van der Waals surface area contributed by atoms with Gasteiger partial charge in [0.15, 0.2) is 0 Å². The Morgan fingerprint density at radius 1 is 0.656 bits per heavy atom. The number of para-hydroxylation sites is 1. The molecule has 0 aliphatic rings. The predicted octanol–water partition coefficient (Wildman–Crippen LogP) is 7.92. The number of nitrogen functional groups attached to an aromatic ring is 1. The van der Waals surface area contributed by atoms with E-state index in [-0.39, 0.29) is 0 Å². The molecule has 0 aliphatic carbocycles. The molecule has 0 amide bonds. The highest BCUT2D eigenvalue weighted by Gasteiger charge is 2.13. The molecule has 0 saturated carbocycles. The molecule has 1 heterocycles. The van der Waals surface area contributed by atoms with E-state index in [1.807, 2.05) is 30.4 Å². The minimum absolute atomic E-state index is 0.771. The van der Waals surface area contributed by atoms with E-state index >= 15 is 0 Å². The fourth-order valence-corrected chi connectivity index (χ4v) is 4.38. The smallest absolute Gasteiger partial charge is 0.0541 e. The van der Waals surface area contributed by atoms with Gasteiger partial charge in [-0.2, -0.15) is 0 Å². The first-order chi connectivity index (χ1) is 15.7. The van der Waals surface area contributed by atoms with Gasteiger partial charge in [0.2, 0.25) is 0 Å². The highest BCUT2D eigenvalue weighted by atomic mass is 15.0. The van der Waals surface area contributed by atoms with Crippen LogP contribution in [0, 0.1) is 0 Å². The van der Waals surface area contributed by atoms with Crippen molar-refractivity contribution in [1.82, 2.24) is 4.57 Å². The molecule has 0 aliphatic heterocycles. The lowest BCUT2D eigenvalue weighted by Crippen LogP contribution is -1.93. The van der Waals surface area contributed by atoms with E-state index in [0.717, 1.165) is 33.5 Å². The van der Waals surface area contributed by atoms with Gasteiger partial charge in [0.05, 0.1) is 11.0 Å². The van der Waals surface area contributed by atoms with Gasteiger partial charge in [0.1, 0.15) is 0 Å². The van der Waals surface area contributed by atoms with Crippen LogP contribution in [0.15, 0.2) is 122 Å². The zero-order valence-corrected chi connectivity index (χ0v) is 17.8. The molecule has 4 aromatic carbocycles. The summed E-state index contributed by atoms with van der Waals surface area (Å²) in [6.07, 6.45) is 5.66. The Balaban J connectivity index is 1.71. The summed E-state index contributed by atoms with van der Waals surface area (Å²) in [7, 11) is 0. The lowest BCUT2D eigenvalue weighted by Gasteiger charge is -2.09. The van der Waals surface area contributed by atoms with Crippen molar-refractivity contribution in [3.05, 3.63) is 122 Å². The van der Waals surface area contributed by atoms with Gasteiger partial charge in [-0.05, 0) is 70.8 Å². The number of nitrogens with zero attached hydrogens (tertiary/aromatic N) is 1. The predicted molar refractivity (Wildman–Crippen MR) is 139 cm³/mol. The second kappa shape index (κ2) is 8.09. The second-order valence-electron chi connectivity index (χ2n) is 7.82. The normalized spacial score (nSPS) is 11.7. The van der Waals surface area contributed by atoms with Crippen molar-refractivity contribution < 1.29 is 0 Å². The highest BCUT2D eigenvalue weighted by Crippen LogP contribution is 2.35. The van der Waals surface area contributed by atoms with Gasteiger partial charge in [-0.15, -0.1) is 0 Å². The molecule has 2 nitrogen and oxygen atoms in total. The molecule has 2 N–H and O–H groups in total. The molecule has 0 radical (unpaired) electrons. The van der Waals surface area contributed by atoms with Crippen LogP contribution < -0.4 is 5.73 Å². The van der Waals surface area contributed by atoms with Crippen LogP contribution in [0.5, 0.6) is 0 Å². The maximum Gasteiger partial charge on any atom is 0.0541 e. The molecule has 5 rings (SSSR count). The van der Waals surface area contributed by atoms with Crippen molar-refractivity contribution >= 4 is 33.2 Å². The number of fused-ring (bicyclic) bond motifs is 3. The largest absolute Gasteiger partial charge is 0.399 e. The quantitative estimate of drug-likeness (QED) is 0.231. The molecule has 2 heteroatoms. The fourth-order valence-electron chi connectivity index (χ4n) is 4.38. The number of nitrogens with two attached hydrogens (primary N) is 1. The summed E-state index contributed by atoms with van der Waals surface area (Å²) < 4.78 is 2.24. The minimum Gasteiger partial charge on any atom is -0.399 e. The average molecular weight is 413 g/mol. The van der Waals surface area contributed by atoms with Gasteiger partial charge in [0, 0.05) is 22.2 Å². The topological polar surface area (TPSA) is 30.9 Å². The summed E-state index contributed by atoms with van der Waals surface area (Å²) in [4.78, 5) is 0. The zero-order chi connectivity index (χ0) is 22.1. The van der Waals surface area contributed by atoms with Crippen molar-refractivity contribution in [3.8, 4) is 22.3 Å². The van der Waals surface area contributed by atoms with Crippen LogP contribution in [-0.2, 0) is 0 Å². The average Bonchev–Trinajstić information content (AvgIpc) is 3.16. The number of anilines is 1. The molecule has 1 aromatic heterocycles. The Morgan fingerprint density at radius 2 is 1.31 bits per heavy atom. The van der Waals surface area contributed by atoms with Crippen molar-refractivity contribution in [3.63, 3.8) is 0 Å². The Bertz CT molecular complexity index is 1520. The van der Waals surface area contributed by atoms with Gasteiger partial charge in [0.25, 0.3) is 0 Å². The first kappa shape index (κ1) is 19.7. The van der Waals surface area contributed by atoms with Crippen LogP contribution >= 0.6 is 0 Å². The Morgan fingerprint density at radius 3 is 2.03 bits per heavy atom. The maximum absolute atomic E-state index is 6.00. The highest BCUT2D eigenvalue weighted by molar-refractivity contribution is 6.11. The van der Waals surface area contributed by atoms with Gasteiger partial charge < -0.3 is 10.3 Å². The first-order valence-electron chi connectivity index (χ1n) is 10.6. The SMILES string of the molecule is C=C/C=C(\C=C)n1c2ccccc2c2cc(-c3cccc(-c4cccc(N)c4)c3)ccc21. The number of benzene rings is 4. The minimum atomic E-state index is 0.771. The molecule has 0 spiro atoms. The maximum atomic E-state index is 6.00. The van der Waals surface area contributed by atoms with E-state index in [4.69, 9.17) is 5.73 Å². The van der Waals surface area contributed by atoms with E-state index in [9.17, 15) is 0 Å². The summed E-state index contributed by atoms with van der Waals surface area (Å²) in [5.74, 6) is 0. The number of aromatic nitrogens is 1. The summed E-state index contributed by atoms with van der Waals surface area (Å²) in [5.41, 5.74) is 14.7. The number of hydrogen-bond donors (Lipinski definition) is 1. The number of allylic oxidation sites excluding steroid dienone is 4. The van der Waals surface area contributed by atoms with Crippen LogP contribution in [0.25, 0.3) is 49.8 Å².